The molecule has 1 amide bonds. The Labute approximate surface area is 237 Å². The van der Waals surface area contributed by atoms with Crippen LogP contribution in [0, 0.1) is 19.8 Å². The third-order valence-corrected chi connectivity index (χ3v) is 12.1. The van der Waals surface area contributed by atoms with Gasteiger partial charge in [0, 0.05) is 45.2 Å². The van der Waals surface area contributed by atoms with Gasteiger partial charge in [0.05, 0.1) is 27.8 Å². The number of hydrogen-bond acceptors (Lipinski definition) is 8. The molecule has 0 spiro atoms. The molecule has 0 N–H and O–H groups in total. The number of aryl methyl sites for hydroxylation is 2. The van der Waals surface area contributed by atoms with E-state index in [1.54, 1.807) is 23.5 Å². The molecule has 8 nitrogen and oxygen atoms in total. The molecule has 206 valence electrons. The number of hydrogen-bond donors (Lipinski definition) is 0. The minimum atomic E-state index is -3.60. The van der Waals surface area contributed by atoms with Gasteiger partial charge < -0.3 is 4.74 Å². The number of carbonyl (C=O) groups is 1. The van der Waals surface area contributed by atoms with Crippen molar-refractivity contribution >= 4 is 65.6 Å². The summed E-state index contributed by atoms with van der Waals surface area (Å²) < 4.78 is 34.8. The van der Waals surface area contributed by atoms with Crippen molar-refractivity contribution in [3.05, 3.63) is 39.7 Å². The predicted molar refractivity (Wildman–Crippen MR) is 154 cm³/mol. The molecule has 0 aliphatic carbocycles. The van der Waals surface area contributed by atoms with Crippen molar-refractivity contribution < 1.29 is 17.9 Å². The Bertz CT molecular complexity index is 1350. The zero-order valence-electron chi connectivity index (χ0n) is 21.7. The van der Waals surface area contributed by atoms with Crippen LogP contribution in [0.5, 0.6) is 0 Å². The van der Waals surface area contributed by atoms with Crippen LogP contribution in [0.3, 0.4) is 0 Å². The Morgan fingerprint density at radius 3 is 2.45 bits per heavy atom. The molecule has 2 aliphatic rings. The number of thiophene rings is 1. The monoisotopic (exact) mass is 596 g/mol. The number of amides is 1. The molecule has 0 bridgehead atoms. The van der Waals surface area contributed by atoms with E-state index in [2.05, 4.69) is 24.0 Å². The summed E-state index contributed by atoms with van der Waals surface area (Å²) in [4.78, 5) is 23.1. The number of benzene rings is 1. The molecule has 2 fully saturated rings. The van der Waals surface area contributed by atoms with E-state index in [0.29, 0.717) is 36.8 Å². The van der Waals surface area contributed by atoms with E-state index >= 15 is 0 Å². The number of ether oxygens (including phenoxy) is 1. The quantitative estimate of drug-likeness (QED) is 0.372. The van der Waals surface area contributed by atoms with Gasteiger partial charge >= 0.3 is 0 Å². The second-order valence-electron chi connectivity index (χ2n) is 9.91. The van der Waals surface area contributed by atoms with Crippen molar-refractivity contribution in [1.29, 1.82) is 0 Å². The molecule has 0 radical (unpaired) electrons. The number of rotatable bonds is 8. The fraction of sp³-hybridized carbons (Fsp3) is 0.538. The number of morpholine rings is 1. The van der Waals surface area contributed by atoms with Crippen LogP contribution in [-0.4, -0.2) is 81.0 Å². The number of piperidine rings is 1. The first-order valence-corrected chi connectivity index (χ1v) is 16.4. The maximum Gasteiger partial charge on any atom is 0.252 e. The molecular weight excluding hydrogens is 564 g/mol. The highest BCUT2D eigenvalue weighted by Gasteiger charge is 2.35. The summed E-state index contributed by atoms with van der Waals surface area (Å²) in [7, 11) is -3.60. The summed E-state index contributed by atoms with van der Waals surface area (Å²) in [5.74, 6) is -0.205. The number of carbonyl (C=O) groups excluding carboxylic acids is 1. The van der Waals surface area contributed by atoms with Crippen molar-refractivity contribution in [2.24, 2.45) is 5.92 Å². The van der Waals surface area contributed by atoms with E-state index in [0.717, 1.165) is 77.1 Å². The normalized spacial score (nSPS) is 18.3. The van der Waals surface area contributed by atoms with E-state index in [1.165, 1.54) is 4.31 Å². The Kier molecular flexibility index (Phi) is 8.73. The van der Waals surface area contributed by atoms with E-state index in [1.807, 2.05) is 11.8 Å². The molecule has 5 rings (SSSR count). The average Bonchev–Trinajstić information content (AvgIpc) is 3.57. The largest absolute Gasteiger partial charge is 0.379 e. The first-order valence-electron chi connectivity index (χ1n) is 13.0. The SMILES string of the molecule is Cc1ccc(C)c2sc(N(CCCN3CCOCC3)C(=O)C3CCN(S(=O)(=O)c4ccc(Cl)s4)CC3)nc12. The van der Waals surface area contributed by atoms with Crippen LogP contribution in [0.15, 0.2) is 28.5 Å². The van der Waals surface area contributed by atoms with Crippen LogP contribution in [0.25, 0.3) is 10.2 Å². The standard InChI is InChI=1S/C26H33ClN4O4S3/c1-18-4-5-19(2)24-23(18)28-26(37-24)31(11-3-10-29-14-16-35-17-15-29)25(32)20-8-12-30(13-9-20)38(33,34)22-7-6-21(27)36-22/h4-7,20H,3,8-17H2,1-2H3. The van der Waals surface area contributed by atoms with Gasteiger partial charge in [0.1, 0.15) is 4.21 Å². The maximum absolute atomic E-state index is 13.9. The smallest absolute Gasteiger partial charge is 0.252 e. The van der Waals surface area contributed by atoms with E-state index < -0.39 is 10.0 Å². The molecule has 2 aliphatic heterocycles. The Balaban J connectivity index is 1.32. The van der Waals surface area contributed by atoms with Gasteiger partial charge in [-0.1, -0.05) is 35.1 Å². The lowest BCUT2D eigenvalue weighted by Gasteiger charge is -2.33. The molecule has 0 atom stereocenters. The molecule has 0 saturated carbocycles. The van der Waals surface area contributed by atoms with Crippen molar-refractivity contribution in [1.82, 2.24) is 14.2 Å². The third-order valence-electron chi connectivity index (χ3n) is 7.33. The highest BCUT2D eigenvalue weighted by atomic mass is 35.5. The zero-order chi connectivity index (χ0) is 26.9. The molecule has 4 heterocycles. The summed E-state index contributed by atoms with van der Waals surface area (Å²) in [6, 6.07) is 7.32. The molecule has 3 aromatic rings. The van der Waals surface area contributed by atoms with Crippen LogP contribution in [0.1, 0.15) is 30.4 Å². The first kappa shape index (κ1) is 27.9. The molecule has 0 unspecified atom stereocenters. The van der Waals surface area contributed by atoms with E-state index in [-0.39, 0.29) is 16.0 Å². The van der Waals surface area contributed by atoms with Crippen LogP contribution in [0.2, 0.25) is 4.34 Å². The van der Waals surface area contributed by atoms with Gasteiger partial charge in [0.2, 0.25) is 5.91 Å². The van der Waals surface area contributed by atoms with Gasteiger partial charge in [-0.2, -0.15) is 4.31 Å². The van der Waals surface area contributed by atoms with Gasteiger partial charge in [-0.3, -0.25) is 14.6 Å². The number of thiazole rings is 1. The number of sulfonamides is 1. The lowest BCUT2D eigenvalue weighted by molar-refractivity contribution is -0.123. The highest BCUT2D eigenvalue weighted by molar-refractivity contribution is 7.91. The second-order valence-corrected chi connectivity index (χ2v) is 14.8. The summed E-state index contributed by atoms with van der Waals surface area (Å²) >= 11 is 8.61. The van der Waals surface area contributed by atoms with Gasteiger partial charge in [-0.25, -0.2) is 13.4 Å². The van der Waals surface area contributed by atoms with Crippen molar-refractivity contribution in [3.8, 4) is 0 Å². The lowest BCUT2D eigenvalue weighted by Crippen LogP contribution is -2.45. The number of anilines is 1. The van der Waals surface area contributed by atoms with E-state index in [9.17, 15) is 13.2 Å². The third kappa shape index (κ3) is 5.94. The molecule has 38 heavy (non-hydrogen) atoms. The number of aromatic nitrogens is 1. The Morgan fingerprint density at radius 1 is 1.08 bits per heavy atom. The van der Waals surface area contributed by atoms with Gasteiger partial charge in [0.15, 0.2) is 5.13 Å². The van der Waals surface area contributed by atoms with Crippen LogP contribution in [-0.2, 0) is 19.6 Å². The molecule has 1 aromatic carbocycles. The lowest BCUT2D eigenvalue weighted by atomic mass is 9.96. The van der Waals surface area contributed by atoms with Gasteiger partial charge in [-0.15, -0.1) is 11.3 Å². The molecule has 2 aromatic heterocycles. The molecular formula is C26H33ClN4O4S3. The number of fused-ring (bicyclic) bond motifs is 1. The van der Waals surface area contributed by atoms with Crippen LogP contribution >= 0.6 is 34.3 Å². The zero-order valence-corrected chi connectivity index (χ0v) is 24.9. The minimum Gasteiger partial charge on any atom is -0.379 e. The second kappa shape index (κ2) is 11.9. The van der Waals surface area contributed by atoms with Crippen molar-refractivity contribution in [2.75, 3.05) is 57.4 Å². The highest BCUT2D eigenvalue weighted by Crippen LogP contribution is 2.35. The minimum absolute atomic E-state index is 0.0394. The molecule has 12 heteroatoms. The Morgan fingerprint density at radius 2 is 1.79 bits per heavy atom. The fourth-order valence-electron chi connectivity index (χ4n) is 5.07. The summed E-state index contributed by atoms with van der Waals surface area (Å²) in [6.07, 6.45) is 1.81. The summed E-state index contributed by atoms with van der Waals surface area (Å²) in [6.45, 7) is 9.55. The average molecular weight is 597 g/mol. The predicted octanol–water partition coefficient (Wildman–Crippen LogP) is 4.78. The number of halogens is 1. The van der Waals surface area contributed by atoms with Gasteiger partial charge in [-0.05, 0) is 56.4 Å². The van der Waals surface area contributed by atoms with Crippen LogP contribution < -0.4 is 4.90 Å². The van der Waals surface area contributed by atoms with Crippen LogP contribution in [0.4, 0.5) is 5.13 Å². The maximum atomic E-state index is 13.9. The van der Waals surface area contributed by atoms with Crippen molar-refractivity contribution in [2.45, 2.75) is 37.3 Å². The first-order chi connectivity index (χ1) is 18.2. The Hall–Kier alpha value is -1.60. The summed E-state index contributed by atoms with van der Waals surface area (Å²) in [5, 5.41) is 0.729. The fourth-order valence-corrected chi connectivity index (χ4v) is 9.32. The summed E-state index contributed by atoms with van der Waals surface area (Å²) in [5.41, 5.74) is 3.20. The molecule has 2 saturated heterocycles. The van der Waals surface area contributed by atoms with Gasteiger partial charge in [0.25, 0.3) is 10.0 Å². The topological polar surface area (TPSA) is 83.0 Å². The van der Waals surface area contributed by atoms with E-state index in [4.69, 9.17) is 21.3 Å². The number of nitrogens with zero attached hydrogens (tertiary/aromatic N) is 4. The van der Waals surface area contributed by atoms with Crippen molar-refractivity contribution in [3.63, 3.8) is 0 Å².